The fraction of sp³-hybridized carbons (Fsp3) is 0.667. The minimum atomic E-state index is 0.0422. The second kappa shape index (κ2) is 5.28. The normalized spacial score (nSPS) is 10.0. The molecule has 1 N–H and O–H groups in total. The van der Waals surface area contributed by atoms with E-state index in [1.165, 1.54) is 0 Å². The van der Waals surface area contributed by atoms with Crippen molar-refractivity contribution in [1.29, 1.82) is 0 Å². The van der Waals surface area contributed by atoms with Crippen LogP contribution in [0, 0.1) is 0 Å². The Morgan fingerprint density at radius 2 is 2.44 bits per heavy atom. The summed E-state index contributed by atoms with van der Waals surface area (Å²) < 4.78 is 0. The van der Waals surface area contributed by atoms with Gasteiger partial charge in [-0.3, -0.25) is 9.79 Å². The van der Waals surface area contributed by atoms with Crippen LogP contribution >= 0.6 is 0 Å². The van der Waals surface area contributed by atoms with Crippen LogP contribution in [0.4, 0.5) is 0 Å². The van der Waals surface area contributed by atoms with Gasteiger partial charge in [0.1, 0.15) is 0 Å². The standard InChI is InChI=1S/C6H12N2O/c1-3-8-5-4-6(9)7-2/h3H,4-5H2,1-2H3,(H,7,9). The molecule has 0 aromatic carbocycles. The third-order valence-corrected chi connectivity index (χ3v) is 0.929. The SMILES string of the molecule is CC=NCCC(=O)NC. The summed E-state index contributed by atoms with van der Waals surface area (Å²) in [6, 6.07) is 0. The highest BCUT2D eigenvalue weighted by Crippen LogP contribution is 1.78. The molecule has 0 bridgehead atoms. The number of nitrogens with zero attached hydrogens (tertiary/aromatic N) is 1. The highest BCUT2D eigenvalue weighted by molar-refractivity contribution is 5.75. The zero-order valence-electron chi connectivity index (χ0n) is 5.85. The third-order valence-electron chi connectivity index (χ3n) is 0.929. The van der Waals surface area contributed by atoms with Crippen LogP contribution in [0.1, 0.15) is 13.3 Å². The zero-order chi connectivity index (χ0) is 7.11. The van der Waals surface area contributed by atoms with Crippen LogP contribution in [0.15, 0.2) is 4.99 Å². The maximum absolute atomic E-state index is 10.5. The Kier molecular flexibility index (Phi) is 4.78. The van der Waals surface area contributed by atoms with Crippen molar-refractivity contribution in [3.63, 3.8) is 0 Å². The molecule has 0 aromatic rings. The number of rotatable bonds is 3. The van der Waals surface area contributed by atoms with Crippen molar-refractivity contribution in [2.24, 2.45) is 4.99 Å². The Bertz CT molecular complexity index is 110. The van der Waals surface area contributed by atoms with Crippen molar-refractivity contribution in [2.75, 3.05) is 13.6 Å². The van der Waals surface area contributed by atoms with Gasteiger partial charge >= 0.3 is 0 Å². The van der Waals surface area contributed by atoms with Gasteiger partial charge in [0.25, 0.3) is 0 Å². The van der Waals surface area contributed by atoms with Crippen molar-refractivity contribution in [2.45, 2.75) is 13.3 Å². The van der Waals surface area contributed by atoms with Crippen LogP contribution in [0.3, 0.4) is 0 Å². The number of carbonyl (C=O) groups is 1. The molecule has 0 aliphatic heterocycles. The van der Waals surface area contributed by atoms with E-state index >= 15 is 0 Å². The molecule has 0 saturated carbocycles. The van der Waals surface area contributed by atoms with Crippen LogP contribution in [-0.2, 0) is 4.79 Å². The van der Waals surface area contributed by atoms with E-state index in [4.69, 9.17) is 0 Å². The Hall–Kier alpha value is -0.860. The van der Waals surface area contributed by atoms with E-state index in [-0.39, 0.29) is 5.91 Å². The van der Waals surface area contributed by atoms with Crippen LogP contribution in [-0.4, -0.2) is 25.7 Å². The molecule has 0 aliphatic rings. The van der Waals surface area contributed by atoms with E-state index in [1.54, 1.807) is 13.3 Å². The number of carbonyl (C=O) groups excluding carboxylic acids is 1. The molecule has 1 amide bonds. The third kappa shape index (κ3) is 5.00. The average molecular weight is 128 g/mol. The predicted octanol–water partition coefficient (Wildman–Crippen LogP) is 0.213. The van der Waals surface area contributed by atoms with Gasteiger partial charge in [0, 0.05) is 20.0 Å². The molecule has 0 unspecified atom stereocenters. The predicted molar refractivity (Wildman–Crippen MR) is 37.7 cm³/mol. The van der Waals surface area contributed by atoms with Gasteiger partial charge in [0.05, 0.1) is 0 Å². The Labute approximate surface area is 55.2 Å². The lowest BCUT2D eigenvalue weighted by atomic mass is 10.4. The smallest absolute Gasteiger partial charge is 0.221 e. The van der Waals surface area contributed by atoms with Crippen LogP contribution in [0.5, 0.6) is 0 Å². The van der Waals surface area contributed by atoms with Crippen LogP contribution in [0.25, 0.3) is 0 Å². The second-order valence-corrected chi connectivity index (χ2v) is 1.59. The molecule has 0 rings (SSSR count). The molecule has 0 saturated heterocycles. The van der Waals surface area contributed by atoms with E-state index in [2.05, 4.69) is 10.3 Å². The monoisotopic (exact) mass is 128 g/mol. The Balaban J connectivity index is 3.17. The largest absolute Gasteiger partial charge is 0.359 e. The van der Waals surface area contributed by atoms with Gasteiger partial charge in [-0.15, -0.1) is 0 Å². The van der Waals surface area contributed by atoms with Gasteiger partial charge in [-0.2, -0.15) is 0 Å². The summed E-state index contributed by atoms with van der Waals surface area (Å²) in [5.41, 5.74) is 0. The minimum absolute atomic E-state index is 0.0422. The molecule has 0 fully saturated rings. The van der Waals surface area contributed by atoms with Gasteiger partial charge in [-0.1, -0.05) is 0 Å². The molecular formula is C6H12N2O. The molecule has 0 atom stereocenters. The molecule has 0 radical (unpaired) electrons. The van der Waals surface area contributed by atoms with Gasteiger partial charge in [-0.05, 0) is 13.1 Å². The number of hydrogen-bond donors (Lipinski definition) is 1. The van der Waals surface area contributed by atoms with Crippen molar-refractivity contribution >= 4 is 12.1 Å². The lowest BCUT2D eigenvalue weighted by Gasteiger charge is -1.92. The molecular weight excluding hydrogens is 116 g/mol. The minimum Gasteiger partial charge on any atom is -0.359 e. The fourth-order valence-electron chi connectivity index (χ4n) is 0.420. The Morgan fingerprint density at radius 3 is 2.89 bits per heavy atom. The van der Waals surface area contributed by atoms with Crippen molar-refractivity contribution in [3.05, 3.63) is 0 Å². The molecule has 3 nitrogen and oxygen atoms in total. The highest BCUT2D eigenvalue weighted by atomic mass is 16.1. The molecule has 52 valence electrons. The molecule has 0 aliphatic carbocycles. The van der Waals surface area contributed by atoms with Crippen LogP contribution in [0.2, 0.25) is 0 Å². The quantitative estimate of drug-likeness (QED) is 0.542. The van der Waals surface area contributed by atoms with E-state index in [9.17, 15) is 4.79 Å². The lowest BCUT2D eigenvalue weighted by Crippen LogP contribution is -2.18. The molecule has 9 heavy (non-hydrogen) atoms. The van der Waals surface area contributed by atoms with Crippen molar-refractivity contribution in [1.82, 2.24) is 5.32 Å². The topological polar surface area (TPSA) is 41.5 Å². The van der Waals surface area contributed by atoms with E-state index in [0.29, 0.717) is 13.0 Å². The molecule has 0 spiro atoms. The van der Waals surface area contributed by atoms with Crippen molar-refractivity contribution < 1.29 is 4.79 Å². The van der Waals surface area contributed by atoms with Crippen LogP contribution < -0.4 is 5.32 Å². The number of aliphatic imine (C=N–C) groups is 1. The summed E-state index contributed by atoms with van der Waals surface area (Å²) >= 11 is 0. The van der Waals surface area contributed by atoms with Gasteiger partial charge in [0.15, 0.2) is 0 Å². The summed E-state index contributed by atoms with van der Waals surface area (Å²) in [5, 5.41) is 2.51. The number of hydrogen-bond acceptors (Lipinski definition) is 2. The second-order valence-electron chi connectivity index (χ2n) is 1.59. The summed E-state index contributed by atoms with van der Waals surface area (Å²) in [7, 11) is 1.62. The first kappa shape index (κ1) is 8.14. The summed E-state index contributed by atoms with van der Waals surface area (Å²) in [6.07, 6.45) is 2.18. The fourth-order valence-corrected chi connectivity index (χ4v) is 0.420. The first-order valence-electron chi connectivity index (χ1n) is 2.96. The maximum Gasteiger partial charge on any atom is 0.221 e. The van der Waals surface area contributed by atoms with Crippen molar-refractivity contribution in [3.8, 4) is 0 Å². The van der Waals surface area contributed by atoms with E-state index in [1.807, 2.05) is 6.92 Å². The zero-order valence-corrected chi connectivity index (χ0v) is 5.85. The van der Waals surface area contributed by atoms with E-state index in [0.717, 1.165) is 0 Å². The summed E-state index contributed by atoms with van der Waals surface area (Å²) in [6.45, 7) is 2.43. The molecule has 0 aromatic heterocycles. The average Bonchev–Trinajstić information content (AvgIpc) is 1.89. The first-order chi connectivity index (χ1) is 4.31. The summed E-state index contributed by atoms with van der Waals surface area (Å²) in [5.74, 6) is 0.0422. The number of amides is 1. The number of nitrogens with one attached hydrogen (secondary N) is 1. The highest BCUT2D eigenvalue weighted by Gasteiger charge is 1.92. The Morgan fingerprint density at radius 1 is 1.78 bits per heavy atom. The lowest BCUT2D eigenvalue weighted by molar-refractivity contribution is -0.120. The summed E-state index contributed by atoms with van der Waals surface area (Å²) in [4.78, 5) is 14.4. The molecule has 0 heterocycles. The van der Waals surface area contributed by atoms with Gasteiger partial charge < -0.3 is 5.32 Å². The maximum atomic E-state index is 10.5. The van der Waals surface area contributed by atoms with E-state index < -0.39 is 0 Å². The van der Waals surface area contributed by atoms with Gasteiger partial charge in [0.2, 0.25) is 5.91 Å². The molecule has 3 heteroatoms. The first-order valence-corrected chi connectivity index (χ1v) is 2.96. The van der Waals surface area contributed by atoms with Gasteiger partial charge in [-0.25, -0.2) is 0 Å².